The minimum absolute atomic E-state index is 0.205. The van der Waals surface area contributed by atoms with Crippen molar-refractivity contribution in [2.24, 2.45) is 0 Å². The van der Waals surface area contributed by atoms with Crippen molar-refractivity contribution < 1.29 is 14.3 Å². The molecule has 0 fully saturated rings. The summed E-state index contributed by atoms with van der Waals surface area (Å²) >= 11 is 0. The average Bonchev–Trinajstić information content (AvgIpc) is 2.28. The van der Waals surface area contributed by atoms with Crippen molar-refractivity contribution >= 4 is 5.91 Å². The summed E-state index contributed by atoms with van der Waals surface area (Å²) in [7, 11) is 0. The van der Waals surface area contributed by atoms with Gasteiger partial charge in [-0.15, -0.1) is 0 Å². The van der Waals surface area contributed by atoms with Gasteiger partial charge in [0.15, 0.2) is 0 Å². The molecule has 0 unspecified atom stereocenters. The fourth-order valence-electron chi connectivity index (χ4n) is 1.88. The predicted octanol–water partition coefficient (Wildman–Crippen LogP) is 0.703. The molecule has 1 heterocycles. The van der Waals surface area contributed by atoms with Crippen LogP contribution in [0.25, 0.3) is 0 Å². The van der Waals surface area contributed by atoms with E-state index in [9.17, 15) is 9.18 Å². The highest BCUT2D eigenvalue weighted by atomic mass is 19.1. The molecule has 0 saturated heterocycles. The van der Waals surface area contributed by atoms with Crippen LogP contribution in [-0.2, 0) is 17.8 Å². The molecule has 3 nitrogen and oxygen atoms in total. The lowest BCUT2D eigenvalue weighted by atomic mass is 9.99. The summed E-state index contributed by atoms with van der Waals surface area (Å²) in [5, 5.41) is 8.72. The highest BCUT2D eigenvalue weighted by Crippen LogP contribution is 2.21. The van der Waals surface area contributed by atoms with Crippen molar-refractivity contribution in [1.82, 2.24) is 4.90 Å². The van der Waals surface area contributed by atoms with Crippen molar-refractivity contribution in [2.75, 3.05) is 13.2 Å². The second-order valence-electron chi connectivity index (χ2n) is 3.60. The first-order valence-corrected chi connectivity index (χ1v) is 4.87. The van der Waals surface area contributed by atoms with E-state index in [4.69, 9.17) is 5.11 Å². The summed E-state index contributed by atoms with van der Waals surface area (Å²) in [6.45, 7) is 0.393. The monoisotopic (exact) mass is 209 g/mol. The van der Waals surface area contributed by atoms with Gasteiger partial charge in [-0.1, -0.05) is 12.1 Å². The van der Waals surface area contributed by atoms with Crippen LogP contribution in [0.3, 0.4) is 0 Å². The summed E-state index contributed by atoms with van der Waals surface area (Å²) in [5.74, 6) is -0.506. The zero-order valence-corrected chi connectivity index (χ0v) is 8.24. The van der Waals surface area contributed by atoms with Gasteiger partial charge < -0.3 is 10.0 Å². The lowest BCUT2D eigenvalue weighted by Gasteiger charge is -2.28. The molecule has 1 N–H and O–H groups in total. The Kier molecular flexibility index (Phi) is 2.68. The molecule has 0 saturated carbocycles. The van der Waals surface area contributed by atoms with Crippen LogP contribution < -0.4 is 0 Å². The number of halogens is 1. The second kappa shape index (κ2) is 3.98. The number of hydrogen-bond donors (Lipinski definition) is 1. The van der Waals surface area contributed by atoms with Gasteiger partial charge in [0.05, 0.1) is 0 Å². The summed E-state index contributed by atoms with van der Waals surface area (Å²) in [6.07, 6.45) is 0.522. The Hall–Kier alpha value is -1.42. The van der Waals surface area contributed by atoms with Crippen molar-refractivity contribution in [3.05, 3.63) is 35.1 Å². The fraction of sp³-hybridized carbons (Fsp3) is 0.364. The molecule has 15 heavy (non-hydrogen) atoms. The van der Waals surface area contributed by atoms with E-state index in [2.05, 4.69) is 0 Å². The summed E-state index contributed by atoms with van der Waals surface area (Å²) in [4.78, 5) is 12.8. The third-order valence-electron chi connectivity index (χ3n) is 2.70. The van der Waals surface area contributed by atoms with Crippen molar-refractivity contribution in [1.29, 1.82) is 0 Å². The maximum Gasteiger partial charge on any atom is 0.248 e. The summed E-state index contributed by atoms with van der Waals surface area (Å²) < 4.78 is 13.3. The molecule has 2 rings (SSSR count). The lowest BCUT2D eigenvalue weighted by Crippen LogP contribution is -2.37. The Morgan fingerprint density at radius 1 is 1.53 bits per heavy atom. The maximum absolute atomic E-state index is 13.3. The van der Waals surface area contributed by atoms with Gasteiger partial charge in [-0.2, -0.15) is 0 Å². The Bertz CT molecular complexity index is 392. The minimum Gasteiger partial charge on any atom is -0.387 e. The van der Waals surface area contributed by atoms with Gasteiger partial charge >= 0.3 is 0 Å². The number of nitrogens with zero attached hydrogens (tertiary/aromatic N) is 1. The van der Waals surface area contributed by atoms with Crippen LogP contribution in [0, 0.1) is 5.82 Å². The first kappa shape index (κ1) is 10.1. The van der Waals surface area contributed by atoms with E-state index in [0.29, 0.717) is 25.1 Å². The molecular weight excluding hydrogens is 197 g/mol. The van der Waals surface area contributed by atoms with Crippen LogP contribution in [0.15, 0.2) is 18.2 Å². The number of fused-ring (bicyclic) bond motifs is 1. The van der Waals surface area contributed by atoms with Crippen LogP contribution >= 0.6 is 0 Å². The highest BCUT2D eigenvalue weighted by Gasteiger charge is 2.21. The SMILES string of the molecule is O=C(CO)N1CCc2c(F)cccc2C1. The Morgan fingerprint density at radius 3 is 3.07 bits per heavy atom. The molecule has 1 aromatic rings. The topological polar surface area (TPSA) is 40.5 Å². The zero-order valence-electron chi connectivity index (χ0n) is 8.24. The summed E-state index contributed by atoms with van der Waals surface area (Å²) in [6, 6.07) is 4.89. The number of carbonyl (C=O) groups excluding carboxylic acids is 1. The normalized spacial score (nSPS) is 14.9. The zero-order chi connectivity index (χ0) is 10.8. The number of aliphatic hydroxyl groups is 1. The largest absolute Gasteiger partial charge is 0.387 e. The fourth-order valence-corrected chi connectivity index (χ4v) is 1.88. The molecule has 0 atom stereocenters. The quantitative estimate of drug-likeness (QED) is 0.739. The van der Waals surface area contributed by atoms with E-state index < -0.39 is 6.61 Å². The Labute approximate surface area is 87.1 Å². The van der Waals surface area contributed by atoms with E-state index in [1.54, 1.807) is 11.0 Å². The predicted molar refractivity (Wildman–Crippen MR) is 52.6 cm³/mol. The van der Waals surface area contributed by atoms with Crippen molar-refractivity contribution in [2.45, 2.75) is 13.0 Å². The molecule has 0 aromatic heterocycles. The minimum atomic E-state index is -0.481. The standard InChI is InChI=1S/C11H12FNO2/c12-10-3-1-2-8-6-13(11(15)7-14)5-4-9(8)10/h1-3,14H,4-7H2. The summed E-state index contributed by atoms with van der Waals surface area (Å²) in [5.41, 5.74) is 1.53. The highest BCUT2D eigenvalue weighted by molar-refractivity contribution is 5.77. The number of amides is 1. The van der Waals surface area contributed by atoms with Crippen LogP contribution in [-0.4, -0.2) is 29.1 Å². The molecule has 4 heteroatoms. The molecular formula is C11H12FNO2. The first-order chi connectivity index (χ1) is 7.22. The van der Waals surface area contributed by atoms with Gasteiger partial charge in [0, 0.05) is 13.1 Å². The number of hydrogen-bond acceptors (Lipinski definition) is 2. The molecule has 80 valence electrons. The third kappa shape index (κ3) is 1.85. The van der Waals surface area contributed by atoms with Gasteiger partial charge in [-0.05, 0) is 23.6 Å². The van der Waals surface area contributed by atoms with E-state index in [-0.39, 0.29) is 11.7 Å². The maximum atomic E-state index is 13.3. The van der Waals surface area contributed by atoms with Gasteiger partial charge in [0.1, 0.15) is 12.4 Å². The average molecular weight is 209 g/mol. The molecule has 0 radical (unpaired) electrons. The molecule has 1 aliphatic rings. The van der Waals surface area contributed by atoms with Gasteiger partial charge in [0.25, 0.3) is 0 Å². The number of aliphatic hydroxyl groups excluding tert-OH is 1. The van der Waals surface area contributed by atoms with Crippen LogP contribution in [0.5, 0.6) is 0 Å². The van der Waals surface area contributed by atoms with Crippen LogP contribution in [0.1, 0.15) is 11.1 Å². The van der Waals surface area contributed by atoms with E-state index in [1.165, 1.54) is 6.07 Å². The first-order valence-electron chi connectivity index (χ1n) is 4.87. The van der Waals surface area contributed by atoms with E-state index in [0.717, 1.165) is 5.56 Å². The molecule has 1 amide bonds. The molecule has 1 aromatic carbocycles. The Balaban J connectivity index is 2.24. The van der Waals surface area contributed by atoms with Crippen molar-refractivity contribution in [3.8, 4) is 0 Å². The van der Waals surface area contributed by atoms with Gasteiger partial charge in [-0.25, -0.2) is 4.39 Å². The number of rotatable bonds is 1. The molecule has 1 aliphatic heterocycles. The third-order valence-corrected chi connectivity index (χ3v) is 2.70. The van der Waals surface area contributed by atoms with Gasteiger partial charge in [-0.3, -0.25) is 4.79 Å². The van der Waals surface area contributed by atoms with Crippen LogP contribution in [0.4, 0.5) is 4.39 Å². The molecule has 0 bridgehead atoms. The molecule has 0 spiro atoms. The van der Waals surface area contributed by atoms with E-state index >= 15 is 0 Å². The number of benzene rings is 1. The van der Waals surface area contributed by atoms with Crippen LogP contribution in [0.2, 0.25) is 0 Å². The van der Waals surface area contributed by atoms with Crippen molar-refractivity contribution in [3.63, 3.8) is 0 Å². The lowest BCUT2D eigenvalue weighted by molar-refractivity contribution is -0.135. The second-order valence-corrected chi connectivity index (χ2v) is 3.60. The Morgan fingerprint density at radius 2 is 2.33 bits per heavy atom. The molecule has 0 aliphatic carbocycles. The smallest absolute Gasteiger partial charge is 0.248 e. The van der Waals surface area contributed by atoms with E-state index in [1.807, 2.05) is 6.07 Å². The number of carbonyl (C=O) groups is 1. The van der Waals surface area contributed by atoms with Gasteiger partial charge in [0.2, 0.25) is 5.91 Å².